The van der Waals surface area contributed by atoms with Crippen molar-refractivity contribution in [2.45, 2.75) is 31.5 Å². The van der Waals surface area contributed by atoms with Gasteiger partial charge in [0.05, 0.1) is 19.8 Å². The number of nitrogens with one attached hydrogen (secondary N) is 1. The number of rotatable bonds is 3. The van der Waals surface area contributed by atoms with Crippen LogP contribution < -0.4 is 10.2 Å². The van der Waals surface area contributed by atoms with Crippen LogP contribution in [-0.4, -0.2) is 50.5 Å². The molecule has 1 aromatic rings. The summed E-state index contributed by atoms with van der Waals surface area (Å²) >= 11 is 0. The van der Waals surface area contributed by atoms with E-state index in [1.54, 1.807) is 0 Å². The molecule has 3 rings (SSSR count). The lowest BCUT2D eigenvalue weighted by Crippen LogP contribution is -2.47. The number of ether oxygens (including phenoxy) is 2. The van der Waals surface area contributed by atoms with Crippen molar-refractivity contribution < 1.29 is 14.3 Å². The molecule has 21 heavy (non-hydrogen) atoms. The standard InChI is InChI=1S/C16H22N2O3/c1-12-9-13(10-18(12)14-5-3-2-4-6-14)17-16(19)15-11-20-7-8-21-15/h2-6,12-13,15H,7-11H2,1H3,(H,17,19)/t12-,13-,15-/m1/s1. The predicted octanol–water partition coefficient (Wildman–Crippen LogP) is 1.19. The van der Waals surface area contributed by atoms with Gasteiger partial charge in [-0.2, -0.15) is 0 Å². The second-order valence-electron chi connectivity index (χ2n) is 5.71. The number of hydrogen-bond acceptors (Lipinski definition) is 4. The first-order valence-electron chi connectivity index (χ1n) is 7.55. The summed E-state index contributed by atoms with van der Waals surface area (Å²) in [6.07, 6.45) is 0.494. The van der Waals surface area contributed by atoms with Crippen molar-refractivity contribution in [2.24, 2.45) is 0 Å². The summed E-state index contributed by atoms with van der Waals surface area (Å²) in [5.74, 6) is -0.0539. The number of benzene rings is 1. The summed E-state index contributed by atoms with van der Waals surface area (Å²) < 4.78 is 10.7. The van der Waals surface area contributed by atoms with Crippen molar-refractivity contribution in [3.8, 4) is 0 Å². The molecule has 114 valence electrons. The monoisotopic (exact) mass is 290 g/mol. The van der Waals surface area contributed by atoms with Gasteiger partial charge in [0, 0.05) is 24.3 Å². The van der Waals surface area contributed by atoms with Crippen molar-refractivity contribution in [3.63, 3.8) is 0 Å². The highest BCUT2D eigenvalue weighted by Gasteiger charge is 2.32. The van der Waals surface area contributed by atoms with E-state index in [1.165, 1.54) is 5.69 Å². The first-order chi connectivity index (χ1) is 10.2. The molecule has 0 aromatic heterocycles. The van der Waals surface area contributed by atoms with E-state index in [2.05, 4.69) is 29.3 Å². The molecular formula is C16H22N2O3. The lowest BCUT2D eigenvalue weighted by molar-refractivity contribution is -0.148. The van der Waals surface area contributed by atoms with Crippen molar-refractivity contribution in [3.05, 3.63) is 30.3 Å². The zero-order valence-electron chi connectivity index (χ0n) is 12.3. The molecule has 2 heterocycles. The summed E-state index contributed by atoms with van der Waals surface area (Å²) in [6, 6.07) is 10.9. The Hall–Kier alpha value is -1.59. The van der Waals surface area contributed by atoms with Crippen LogP contribution in [0.25, 0.3) is 0 Å². The number of carbonyl (C=O) groups excluding carboxylic acids is 1. The largest absolute Gasteiger partial charge is 0.376 e. The molecule has 3 atom stereocenters. The van der Waals surface area contributed by atoms with Crippen LogP contribution in [0.5, 0.6) is 0 Å². The lowest BCUT2D eigenvalue weighted by Gasteiger charge is -2.25. The molecule has 1 amide bonds. The Bertz CT molecular complexity index is 474. The molecule has 0 saturated carbocycles. The summed E-state index contributed by atoms with van der Waals surface area (Å²) in [4.78, 5) is 14.5. The molecule has 0 aliphatic carbocycles. The van der Waals surface area contributed by atoms with Crippen molar-refractivity contribution in [1.82, 2.24) is 5.32 Å². The average Bonchev–Trinajstić information content (AvgIpc) is 2.89. The number of amides is 1. The molecular weight excluding hydrogens is 268 g/mol. The molecule has 1 N–H and O–H groups in total. The van der Waals surface area contributed by atoms with Crippen LogP contribution in [0.2, 0.25) is 0 Å². The van der Waals surface area contributed by atoms with Gasteiger partial charge < -0.3 is 19.7 Å². The quantitative estimate of drug-likeness (QED) is 0.908. The SMILES string of the molecule is C[C@@H]1C[C@@H](NC(=O)[C@H]2COCCO2)CN1c1ccccc1. The first kappa shape index (κ1) is 14.4. The molecule has 2 fully saturated rings. The fraction of sp³-hybridized carbons (Fsp3) is 0.562. The zero-order valence-corrected chi connectivity index (χ0v) is 12.3. The third-order valence-electron chi connectivity index (χ3n) is 4.12. The number of carbonyl (C=O) groups is 1. The fourth-order valence-corrected chi connectivity index (χ4v) is 3.05. The van der Waals surface area contributed by atoms with E-state index in [-0.39, 0.29) is 11.9 Å². The van der Waals surface area contributed by atoms with Crippen molar-refractivity contribution in [1.29, 1.82) is 0 Å². The van der Waals surface area contributed by atoms with Crippen LogP contribution in [0.3, 0.4) is 0 Å². The molecule has 2 aliphatic heterocycles. The topological polar surface area (TPSA) is 50.8 Å². The second kappa shape index (κ2) is 6.45. The maximum Gasteiger partial charge on any atom is 0.251 e. The van der Waals surface area contributed by atoms with Gasteiger partial charge in [-0.15, -0.1) is 0 Å². The van der Waals surface area contributed by atoms with E-state index in [1.807, 2.05) is 18.2 Å². The molecule has 0 spiro atoms. The van der Waals surface area contributed by atoms with Crippen LogP contribution >= 0.6 is 0 Å². The maximum atomic E-state index is 12.2. The van der Waals surface area contributed by atoms with E-state index in [9.17, 15) is 4.79 Å². The minimum atomic E-state index is -0.458. The summed E-state index contributed by atoms with van der Waals surface area (Å²) in [5, 5.41) is 3.09. The van der Waals surface area contributed by atoms with E-state index in [4.69, 9.17) is 9.47 Å². The summed E-state index contributed by atoms with van der Waals surface area (Å²) in [6.45, 7) is 4.46. The number of anilines is 1. The molecule has 5 nitrogen and oxygen atoms in total. The van der Waals surface area contributed by atoms with Gasteiger partial charge >= 0.3 is 0 Å². The smallest absolute Gasteiger partial charge is 0.251 e. The van der Waals surface area contributed by atoms with Gasteiger partial charge in [-0.25, -0.2) is 0 Å². The van der Waals surface area contributed by atoms with Gasteiger partial charge in [0.2, 0.25) is 0 Å². The van der Waals surface area contributed by atoms with Gasteiger partial charge in [0.25, 0.3) is 5.91 Å². The molecule has 2 aliphatic rings. The Morgan fingerprint density at radius 2 is 2.10 bits per heavy atom. The van der Waals surface area contributed by atoms with Gasteiger partial charge in [-0.05, 0) is 25.5 Å². The molecule has 1 aromatic carbocycles. The first-order valence-corrected chi connectivity index (χ1v) is 7.55. The Morgan fingerprint density at radius 1 is 1.29 bits per heavy atom. The third-order valence-corrected chi connectivity index (χ3v) is 4.12. The van der Waals surface area contributed by atoms with Gasteiger partial charge in [-0.1, -0.05) is 18.2 Å². The summed E-state index contributed by atoms with van der Waals surface area (Å²) in [5.41, 5.74) is 1.21. The number of para-hydroxylation sites is 1. The van der Waals surface area contributed by atoms with Gasteiger partial charge in [0.1, 0.15) is 0 Å². The molecule has 2 saturated heterocycles. The maximum absolute atomic E-state index is 12.2. The van der Waals surface area contributed by atoms with Gasteiger partial charge in [0.15, 0.2) is 6.10 Å². The Balaban J connectivity index is 1.57. The van der Waals surface area contributed by atoms with E-state index < -0.39 is 6.10 Å². The van der Waals surface area contributed by atoms with E-state index in [0.29, 0.717) is 25.9 Å². The second-order valence-corrected chi connectivity index (χ2v) is 5.71. The third kappa shape index (κ3) is 3.36. The highest BCUT2D eigenvalue weighted by atomic mass is 16.6. The molecule has 5 heteroatoms. The predicted molar refractivity (Wildman–Crippen MR) is 80.4 cm³/mol. The Morgan fingerprint density at radius 3 is 2.81 bits per heavy atom. The normalized spacial score (nSPS) is 29.4. The molecule has 0 bridgehead atoms. The summed E-state index contributed by atoms with van der Waals surface area (Å²) in [7, 11) is 0. The van der Waals surface area contributed by atoms with Crippen LogP contribution in [0.15, 0.2) is 30.3 Å². The van der Waals surface area contributed by atoms with Crippen LogP contribution in [0.1, 0.15) is 13.3 Å². The van der Waals surface area contributed by atoms with Crippen LogP contribution in [0, 0.1) is 0 Å². The number of hydrogen-bond donors (Lipinski definition) is 1. The van der Waals surface area contributed by atoms with Crippen LogP contribution in [-0.2, 0) is 14.3 Å². The highest BCUT2D eigenvalue weighted by molar-refractivity contribution is 5.81. The number of nitrogens with zero attached hydrogens (tertiary/aromatic N) is 1. The Labute approximate surface area is 125 Å². The zero-order chi connectivity index (χ0) is 14.7. The highest BCUT2D eigenvalue weighted by Crippen LogP contribution is 2.25. The minimum absolute atomic E-state index is 0.0539. The average molecular weight is 290 g/mol. The lowest BCUT2D eigenvalue weighted by atomic mass is 10.2. The van der Waals surface area contributed by atoms with E-state index >= 15 is 0 Å². The molecule has 0 unspecified atom stereocenters. The Kier molecular flexibility index (Phi) is 4.41. The minimum Gasteiger partial charge on any atom is -0.376 e. The van der Waals surface area contributed by atoms with Crippen molar-refractivity contribution in [2.75, 3.05) is 31.3 Å². The van der Waals surface area contributed by atoms with Crippen LogP contribution in [0.4, 0.5) is 5.69 Å². The van der Waals surface area contributed by atoms with E-state index in [0.717, 1.165) is 13.0 Å². The fourth-order valence-electron chi connectivity index (χ4n) is 3.05. The van der Waals surface area contributed by atoms with Crippen molar-refractivity contribution >= 4 is 11.6 Å². The molecule has 0 radical (unpaired) electrons. The van der Waals surface area contributed by atoms with Gasteiger partial charge in [-0.3, -0.25) is 4.79 Å².